The molecule has 0 saturated carbocycles. The van der Waals surface area contributed by atoms with Crippen LogP contribution in [0.5, 0.6) is 0 Å². The monoisotopic (exact) mass is 253 g/mol. The number of rotatable bonds is 3. The Kier molecular flexibility index (Phi) is 4.34. The zero-order valence-corrected chi connectivity index (χ0v) is 10.3. The van der Waals surface area contributed by atoms with E-state index in [0.717, 1.165) is 32.5 Å². The van der Waals surface area contributed by atoms with Gasteiger partial charge < -0.3 is 10.6 Å². The Morgan fingerprint density at radius 1 is 1.47 bits per heavy atom. The molecule has 5 heteroatoms. The first-order valence-corrected chi connectivity index (χ1v) is 6.24. The Hall–Kier alpha value is -1.13. The summed E-state index contributed by atoms with van der Waals surface area (Å²) in [6.07, 6.45) is 3.73. The highest BCUT2D eigenvalue weighted by molar-refractivity contribution is 6.30. The van der Waals surface area contributed by atoms with Crippen LogP contribution in [0, 0.1) is 5.92 Å². The molecule has 2 rings (SSSR count). The van der Waals surface area contributed by atoms with Crippen LogP contribution in [-0.4, -0.2) is 30.5 Å². The predicted molar refractivity (Wildman–Crippen MR) is 67.2 cm³/mol. The number of pyridine rings is 1. The molecule has 1 aromatic heterocycles. The van der Waals surface area contributed by atoms with E-state index in [-0.39, 0.29) is 5.91 Å². The molecule has 92 valence electrons. The molecule has 1 aromatic rings. The van der Waals surface area contributed by atoms with Crippen molar-refractivity contribution >= 4 is 17.5 Å². The van der Waals surface area contributed by atoms with Crippen LogP contribution >= 0.6 is 11.6 Å². The Labute approximate surface area is 106 Å². The largest absolute Gasteiger partial charge is 0.350 e. The molecule has 0 bridgehead atoms. The van der Waals surface area contributed by atoms with Crippen LogP contribution in [0.15, 0.2) is 18.3 Å². The van der Waals surface area contributed by atoms with E-state index in [1.165, 1.54) is 6.20 Å². The lowest BCUT2D eigenvalue weighted by Gasteiger charge is -2.22. The van der Waals surface area contributed by atoms with Crippen molar-refractivity contribution in [2.45, 2.75) is 12.8 Å². The standard InChI is InChI=1S/C12H16ClN3O/c13-10-1-2-11(15-8-10)12(17)16-7-9-3-5-14-6-4-9/h1-2,8-9,14H,3-7H2,(H,16,17). The van der Waals surface area contributed by atoms with Gasteiger partial charge in [-0.25, -0.2) is 4.98 Å². The third-order valence-electron chi connectivity index (χ3n) is 2.97. The first-order chi connectivity index (χ1) is 8.25. The molecule has 0 atom stereocenters. The number of carbonyl (C=O) groups is 1. The van der Waals surface area contributed by atoms with E-state index in [9.17, 15) is 4.79 Å². The van der Waals surface area contributed by atoms with Gasteiger partial charge in [0.15, 0.2) is 0 Å². The molecule has 1 fully saturated rings. The fourth-order valence-corrected chi connectivity index (χ4v) is 2.04. The molecule has 1 saturated heterocycles. The molecule has 0 aromatic carbocycles. The second-order valence-corrected chi connectivity index (χ2v) is 4.70. The van der Waals surface area contributed by atoms with Crippen LogP contribution in [0.4, 0.5) is 0 Å². The Bertz CT molecular complexity index is 374. The molecule has 2 heterocycles. The van der Waals surface area contributed by atoms with Gasteiger partial charge in [-0.15, -0.1) is 0 Å². The smallest absolute Gasteiger partial charge is 0.269 e. The van der Waals surface area contributed by atoms with Gasteiger partial charge in [0.05, 0.1) is 5.02 Å². The number of carbonyl (C=O) groups excluding carboxylic acids is 1. The molecule has 1 amide bonds. The van der Waals surface area contributed by atoms with Crippen LogP contribution in [-0.2, 0) is 0 Å². The van der Waals surface area contributed by atoms with Gasteiger partial charge in [0.25, 0.3) is 5.91 Å². The van der Waals surface area contributed by atoms with E-state index in [0.29, 0.717) is 16.6 Å². The number of hydrogen-bond donors (Lipinski definition) is 2. The molecule has 0 aliphatic carbocycles. The van der Waals surface area contributed by atoms with Crippen LogP contribution in [0.1, 0.15) is 23.3 Å². The third kappa shape index (κ3) is 3.68. The average Bonchev–Trinajstić information content (AvgIpc) is 2.38. The van der Waals surface area contributed by atoms with Crippen molar-refractivity contribution in [3.8, 4) is 0 Å². The maximum atomic E-state index is 11.8. The zero-order chi connectivity index (χ0) is 12.1. The summed E-state index contributed by atoms with van der Waals surface area (Å²) in [6.45, 7) is 2.81. The van der Waals surface area contributed by atoms with Gasteiger partial charge in [-0.2, -0.15) is 0 Å². The van der Waals surface area contributed by atoms with Crippen LogP contribution < -0.4 is 10.6 Å². The van der Waals surface area contributed by atoms with Crippen molar-refractivity contribution in [3.63, 3.8) is 0 Å². The molecule has 4 nitrogen and oxygen atoms in total. The quantitative estimate of drug-likeness (QED) is 0.858. The summed E-state index contributed by atoms with van der Waals surface area (Å²) in [4.78, 5) is 15.8. The van der Waals surface area contributed by atoms with E-state index in [1.807, 2.05) is 0 Å². The third-order valence-corrected chi connectivity index (χ3v) is 3.19. The van der Waals surface area contributed by atoms with Crippen molar-refractivity contribution in [1.29, 1.82) is 0 Å². The SMILES string of the molecule is O=C(NCC1CCNCC1)c1ccc(Cl)cn1. The molecule has 2 N–H and O–H groups in total. The molecular formula is C12H16ClN3O. The normalized spacial score (nSPS) is 16.8. The van der Waals surface area contributed by atoms with Crippen molar-refractivity contribution in [2.24, 2.45) is 5.92 Å². The van der Waals surface area contributed by atoms with E-state index >= 15 is 0 Å². The summed E-state index contributed by atoms with van der Waals surface area (Å²) >= 11 is 5.71. The van der Waals surface area contributed by atoms with Gasteiger partial charge in [0.2, 0.25) is 0 Å². The number of halogens is 1. The first kappa shape index (κ1) is 12.3. The lowest BCUT2D eigenvalue weighted by molar-refractivity contribution is 0.0939. The van der Waals surface area contributed by atoms with E-state index in [2.05, 4.69) is 15.6 Å². The van der Waals surface area contributed by atoms with Crippen molar-refractivity contribution < 1.29 is 4.79 Å². The minimum Gasteiger partial charge on any atom is -0.350 e. The molecule has 1 aliphatic heterocycles. The van der Waals surface area contributed by atoms with Crippen LogP contribution in [0.2, 0.25) is 5.02 Å². The maximum absolute atomic E-state index is 11.8. The van der Waals surface area contributed by atoms with Gasteiger partial charge in [-0.1, -0.05) is 11.6 Å². The molecule has 1 aliphatic rings. The highest BCUT2D eigenvalue weighted by atomic mass is 35.5. The summed E-state index contributed by atoms with van der Waals surface area (Å²) < 4.78 is 0. The van der Waals surface area contributed by atoms with Crippen LogP contribution in [0.25, 0.3) is 0 Å². The summed E-state index contributed by atoms with van der Waals surface area (Å²) in [5, 5.41) is 6.76. The number of hydrogen-bond acceptors (Lipinski definition) is 3. The lowest BCUT2D eigenvalue weighted by Crippen LogP contribution is -2.36. The van der Waals surface area contributed by atoms with Gasteiger partial charge in [-0.3, -0.25) is 4.79 Å². The number of amides is 1. The molecule has 17 heavy (non-hydrogen) atoms. The fourth-order valence-electron chi connectivity index (χ4n) is 1.92. The highest BCUT2D eigenvalue weighted by Crippen LogP contribution is 2.10. The van der Waals surface area contributed by atoms with Gasteiger partial charge in [0.1, 0.15) is 5.69 Å². The number of aromatic nitrogens is 1. The fraction of sp³-hybridized carbons (Fsp3) is 0.500. The Morgan fingerprint density at radius 3 is 2.88 bits per heavy atom. The molecule has 0 unspecified atom stereocenters. The van der Waals surface area contributed by atoms with E-state index in [1.54, 1.807) is 12.1 Å². The Morgan fingerprint density at radius 2 is 2.24 bits per heavy atom. The lowest BCUT2D eigenvalue weighted by atomic mass is 9.98. The van der Waals surface area contributed by atoms with Gasteiger partial charge in [-0.05, 0) is 44.0 Å². The summed E-state index contributed by atoms with van der Waals surface area (Å²) in [5.41, 5.74) is 0.420. The minimum absolute atomic E-state index is 0.125. The van der Waals surface area contributed by atoms with E-state index in [4.69, 9.17) is 11.6 Å². The van der Waals surface area contributed by atoms with E-state index < -0.39 is 0 Å². The first-order valence-electron chi connectivity index (χ1n) is 5.86. The zero-order valence-electron chi connectivity index (χ0n) is 9.58. The number of nitrogens with one attached hydrogen (secondary N) is 2. The van der Waals surface area contributed by atoms with Crippen molar-refractivity contribution in [1.82, 2.24) is 15.6 Å². The second-order valence-electron chi connectivity index (χ2n) is 4.27. The van der Waals surface area contributed by atoms with Gasteiger partial charge >= 0.3 is 0 Å². The number of piperidine rings is 1. The Balaban J connectivity index is 1.82. The summed E-state index contributed by atoms with van der Waals surface area (Å²) in [5.74, 6) is 0.452. The van der Waals surface area contributed by atoms with Crippen molar-refractivity contribution in [2.75, 3.05) is 19.6 Å². The predicted octanol–water partition coefficient (Wildman–Crippen LogP) is 1.46. The highest BCUT2D eigenvalue weighted by Gasteiger charge is 2.14. The topological polar surface area (TPSA) is 54.0 Å². The molecule has 0 radical (unpaired) electrons. The minimum atomic E-state index is -0.125. The molecular weight excluding hydrogens is 238 g/mol. The second kappa shape index (κ2) is 5.98. The number of nitrogens with zero attached hydrogens (tertiary/aromatic N) is 1. The maximum Gasteiger partial charge on any atom is 0.269 e. The average molecular weight is 254 g/mol. The van der Waals surface area contributed by atoms with Gasteiger partial charge in [0, 0.05) is 12.7 Å². The molecule has 0 spiro atoms. The van der Waals surface area contributed by atoms with Crippen LogP contribution in [0.3, 0.4) is 0 Å². The summed E-state index contributed by atoms with van der Waals surface area (Å²) in [6, 6.07) is 3.31. The van der Waals surface area contributed by atoms with Crippen molar-refractivity contribution in [3.05, 3.63) is 29.0 Å². The summed E-state index contributed by atoms with van der Waals surface area (Å²) in [7, 11) is 0.